The second-order valence-electron chi connectivity index (χ2n) is 3.03. The number of halogens is 1. The average molecular weight is 237 g/mol. The third-order valence-corrected chi connectivity index (χ3v) is 2.05. The quantitative estimate of drug-likeness (QED) is 0.750. The van der Waals surface area contributed by atoms with E-state index in [-0.39, 0.29) is 6.03 Å². The summed E-state index contributed by atoms with van der Waals surface area (Å²) in [5, 5.41) is 5.72. The molecule has 0 radical (unpaired) electrons. The molecule has 1 aromatic heterocycles. The van der Waals surface area contributed by atoms with Gasteiger partial charge in [0.2, 0.25) is 5.95 Å². The van der Waals surface area contributed by atoms with Crippen molar-refractivity contribution in [3.05, 3.63) is 41.7 Å². The van der Waals surface area contributed by atoms with Gasteiger partial charge in [0.15, 0.2) is 0 Å². The van der Waals surface area contributed by atoms with Crippen LogP contribution in [0, 0.1) is 0 Å². The molecule has 0 unspecified atom stereocenters. The van der Waals surface area contributed by atoms with Crippen molar-refractivity contribution in [1.82, 2.24) is 9.97 Å². The Labute approximate surface area is 96.8 Å². The number of nitrogens with zero attached hydrogens (tertiary/aromatic N) is 1. The summed E-state index contributed by atoms with van der Waals surface area (Å²) in [6, 6.07) is 6.51. The number of hydrogen-bond acceptors (Lipinski definition) is 2. The summed E-state index contributed by atoms with van der Waals surface area (Å²) in [7, 11) is 0. The van der Waals surface area contributed by atoms with Gasteiger partial charge in [0.25, 0.3) is 0 Å². The average Bonchev–Trinajstić information content (AvgIpc) is 2.70. The summed E-state index contributed by atoms with van der Waals surface area (Å²) in [5.74, 6) is 0.388. The van der Waals surface area contributed by atoms with Crippen LogP contribution in [0.2, 0.25) is 5.02 Å². The molecule has 3 N–H and O–H groups in total. The molecule has 0 bridgehead atoms. The Hall–Kier alpha value is -2.01. The molecule has 82 valence electrons. The summed E-state index contributed by atoms with van der Waals surface area (Å²) in [6.45, 7) is 0. The normalized spacial score (nSPS) is 9.81. The highest BCUT2D eigenvalue weighted by molar-refractivity contribution is 6.30. The molecular weight excluding hydrogens is 228 g/mol. The minimum atomic E-state index is -0.378. The number of benzene rings is 1. The number of H-pyrrole nitrogens is 1. The number of imidazole rings is 1. The van der Waals surface area contributed by atoms with Crippen LogP contribution in [0.4, 0.5) is 16.4 Å². The van der Waals surface area contributed by atoms with Crippen molar-refractivity contribution < 1.29 is 4.79 Å². The summed E-state index contributed by atoms with van der Waals surface area (Å²) >= 11 is 5.78. The van der Waals surface area contributed by atoms with Crippen LogP contribution >= 0.6 is 11.6 Å². The number of carbonyl (C=O) groups excluding carboxylic acids is 1. The molecule has 2 rings (SSSR count). The number of urea groups is 1. The van der Waals surface area contributed by atoms with Gasteiger partial charge in [-0.05, 0) is 18.2 Å². The van der Waals surface area contributed by atoms with E-state index in [0.717, 1.165) is 0 Å². The molecule has 2 amide bonds. The fourth-order valence-corrected chi connectivity index (χ4v) is 1.36. The van der Waals surface area contributed by atoms with Crippen LogP contribution in [0.25, 0.3) is 0 Å². The zero-order valence-electron chi connectivity index (χ0n) is 8.20. The first kappa shape index (κ1) is 10.5. The molecule has 0 aliphatic carbocycles. The minimum Gasteiger partial charge on any atom is -0.331 e. The Morgan fingerprint density at radius 2 is 2.25 bits per heavy atom. The van der Waals surface area contributed by atoms with E-state index in [1.54, 1.807) is 36.7 Å². The van der Waals surface area contributed by atoms with Gasteiger partial charge in [-0.15, -0.1) is 0 Å². The first-order chi connectivity index (χ1) is 7.74. The Bertz CT molecular complexity index is 483. The van der Waals surface area contributed by atoms with E-state index in [0.29, 0.717) is 16.7 Å². The van der Waals surface area contributed by atoms with Crippen LogP contribution in [0.1, 0.15) is 0 Å². The molecular formula is C10H9ClN4O. The Kier molecular flexibility index (Phi) is 3.07. The lowest BCUT2D eigenvalue weighted by molar-refractivity contribution is 0.262. The van der Waals surface area contributed by atoms with Crippen LogP contribution in [0.15, 0.2) is 36.7 Å². The fourth-order valence-electron chi connectivity index (χ4n) is 1.17. The largest absolute Gasteiger partial charge is 0.331 e. The Balaban J connectivity index is 1.97. The van der Waals surface area contributed by atoms with Crippen molar-refractivity contribution >= 4 is 29.3 Å². The number of rotatable bonds is 2. The molecule has 16 heavy (non-hydrogen) atoms. The molecule has 0 aliphatic rings. The van der Waals surface area contributed by atoms with Crippen LogP contribution in [0.5, 0.6) is 0 Å². The molecule has 1 heterocycles. The molecule has 0 atom stereocenters. The van der Waals surface area contributed by atoms with E-state index in [2.05, 4.69) is 20.6 Å². The van der Waals surface area contributed by atoms with Crippen LogP contribution in [-0.2, 0) is 0 Å². The van der Waals surface area contributed by atoms with Gasteiger partial charge in [0.1, 0.15) is 0 Å². The van der Waals surface area contributed by atoms with E-state index in [1.165, 1.54) is 0 Å². The highest BCUT2D eigenvalue weighted by Crippen LogP contribution is 2.14. The van der Waals surface area contributed by atoms with E-state index in [4.69, 9.17) is 11.6 Å². The Morgan fingerprint density at radius 3 is 2.94 bits per heavy atom. The number of hydrogen-bond donors (Lipinski definition) is 3. The number of nitrogens with one attached hydrogen (secondary N) is 3. The maximum atomic E-state index is 11.5. The first-order valence-electron chi connectivity index (χ1n) is 4.57. The first-order valence-corrected chi connectivity index (χ1v) is 4.95. The lowest BCUT2D eigenvalue weighted by Gasteiger charge is -2.05. The predicted octanol–water partition coefficient (Wildman–Crippen LogP) is 2.71. The van der Waals surface area contributed by atoms with Crippen molar-refractivity contribution in [2.45, 2.75) is 0 Å². The SMILES string of the molecule is O=C(Nc1cccc(Cl)c1)Nc1ncc[nH]1. The molecule has 1 aromatic carbocycles. The third-order valence-electron chi connectivity index (χ3n) is 1.81. The monoisotopic (exact) mass is 236 g/mol. The highest BCUT2D eigenvalue weighted by Gasteiger charge is 2.03. The predicted molar refractivity (Wildman–Crippen MR) is 62.7 cm³/mol. The second kappa shape index (κ2) is 4.67. The van der Waals surface area contributed by atoms with Gasteiger partial charge in [-0.1, -0.05) is 17.7 Å². The molecule has 6 heteroatoms. The Morgan fingerprint density at radius 1 is 1.38 bits per heavy atom. The summed E-state index contributed by atoms with van der Waals surface area (Å²) < 4.78 is 0. The lowest BCUT2D eigenvalue weighted by atomic mass is 10.3. The van der Waals surface area contributed by atoms with Gasteiger partial charge in [0, 0.05) is 23.1 Å². The van der Waals surface area contributed by atoms with Gasteiger partial charge in [0.05, 0.1) is 0 Å². The molecule has 2 aromatic rings. The van der Waals surface area contributed by atoms with E-state index < -0.39 is 0 Å². The lowest BCUT2D eigenvalue weighted by Crippen LogP contribution is -2.20. The number of anilines is 2. The van der Waals surface area contributed by atoms with Gasteiger partial charge >= 0.3 is 6.03 Å². The molecule has 0 saturated heterocycles. The highest BCUT2D eigenvalue weighted by atomic mass is 35.5. The molecule has 0 aliphatic heterocycles. The van der Waals surface area contributed by atoms with Gasteiger partial charge < -0.3 is 10.3 Å². The maximum Gasteiger partial charge on any atom is 0.326 e. The topological polar surface area (TPSA) is 69.8 Å². The summed E-state index contributed by atoms with van der Waals surface area (Å²) in [5.41, 5.74) is 0.622. The number of carbonyl (C=O) groups is 1. The maximum absolute atomic E-state index is 11.5. The van der Waals surface area contributed by atoms with Gasteiger partial charge in [-0.2, -0.15) is 0 Å². The van der Waals surface area contributed by atoms with Crippen LogP contribution < -0.4 is 10.6 Å². The van der Waals surface area contributed by atoms with Crippen molar-refractivity contribution in [3.8, 4) is 0 Å². The summed E-state index contributed by atoms with van der Waals surface area (Å²) in [6.07, 6.45) is 3.17. The van der Waals surface area contributed by atoms with Gasteiger partial charge in [-0.25, -0.2) is 9.78 Å². The smallest absolute Gasteiger partial charge is 0.326 e. The van der Waals surface area contributed by atoms with E-state index in [1.807, 2.05) is 0 Å². The number of aromatic nitrogens is 2. The van der Waals surface area contributed by atoms with Gasteiger partial charge in [-0.3, -0.25) is 5.32 Å². The number of aromatic amines is 1. The van der Waals surface area contributed by atoms with E-state index in [9.17, 15) is 4.79 Å². The fraction of sp³-hybridized carbons (Fsp3) is 0. The van der Waals surface area contributed by atoms with Crippen LogP contribution in [0.3, 0.4) is 0 Å². The van der Waals surface area contributed by atoms with E-state index >= 15 is 0 Å². The zero-order valence-corrected chi connectivity index (χ0v) is 8.95. The van der Waals surface area contributed by atoms with Crippen molar-refractivity contribution in [2.75, 3.05) is 10.6 Å². The van der Waals surface area contributed by atoms with Crippen LogP contribution in [-0.4, -0.2) is 16.0 Å². The van der Waals surface area contributed by atoms with Crippen molar-refractivity contribution in [3.63, 3.8) is 0 Å². The molecule has 0 fully saturated rings. The third kappa shape index (κ3) is 2.74. The van der Waals surface area contributed by atoms with Crippen molar-refractivity contribution in [1.29, 1.82) is 0 Å². The molecule has 0 spiro atoms. The minimum absolute atomic E-state index is 0.378. The standard InChI is InChI=1S/C10H9ClN4O/c11-7-2-1-3-8(6-7)14-10(16)15-9-12-4-5-13-9/h1-6H,(H3,12,13,14,15,16). The van der Waals surface area contributed by atoms with Crippen molar-refractivity contribution in [2.24, 2.45) is 0 Å². The summed E-state index contributed by atoms with van der Waals surface area (Å²) in [4.78, 5) is 18.1. The zero-order chi connectivity index (χ0) is 11.4. The number of amides is 2. The molecule has 0 saturated carbocycles. The second-order valence-corrected chi connectivity index (χ2v) is 3.46. The molecule has 5 nitrogen and oxygen atoms in total.